The maximum atomic E-state index is 12.7. The zero-order valence-electron chi connectivity index (χ0n) is 14.4. The van der Waals surface area contributed by atoms with Crippen LogP contribution in [0.1, 0.15) is 5.56 Å². The molecule has 1 saturated heterocycles. The van der Waals surface area contributed by atoms with Gasteiger partial charge in [0.15, 0.2) is 23.7 Å². The second kappa shape index (κ2) is 6.04. The summed E-state index contributed by atoms with van der Waals surface area (Å²) in [6.07, 6.45) is -0.617. The van der Waals surface area contributed by atoms with Gasteiger partial charge in [-0.25, -0.2) is 9.79 Å². The van der Waals surface area contributed by atoms with E-state index in [1.54, 1.807) is 11.9 Å². The number of aliphatic imine (C=N–C) groups is 1. The molecule has 1 aromatic carbocycles. The summed E-state index contributed by atoms with van der Waals surface area (Å²) in [4.78, 5) is 33.7. The van der Waals surface area contributed by atoms with Gasteiger partial charge in [-0.15, -0.1) is 0 Å². The quantitative estimate of drug-likeness (QED) is 0.709. The fourth-order valence-corrected chi connectivity index (χ4v) is 3.79. The third kappa shape index (κ3) is 2.39. The van der Waals surface area contributed by atoms with Gasteiger partial charge in [0.05, 0.1) is 7.11 Å². The zero-order valence-corrected chi connectivity index (χ0v) is 16.0. The Bertz CT molecular complexity index is 829. The molecule has 0 N–H and O–H groups in total. The van der Waals surface area contributed by atoms with Crippen molar-refractivity contribution in [2.24, 2.45) is 4.99 Å². The van der Waals surface area contributed by atoms with Crippen LogP contribution in [0.2, 0.25) is 0 Å². The van der Waals surface area contributed by atoms with Gasteiger partial charge < -0.3 is 24.0 Å². The van der Waals surface area contributed by atoms with Crippen molar-refractivity contribution in [1.29, 1.82) is 0 Å². The first-order valence-electron chi connectivity index (χ1n) is 7.93. The molecule has 4 rings (SSSR count). The van der Waals surface area contributed by atoms with Crippen LogP contribution < -0.4 is 9.47 Å². The largest absolute Gasteiger partial charge is 0.468 e. The monoisotopic (exact) mass is 424 g/mol. The van der Waals surface area contributed by atoms with Crippen LogP contribution >= 0.6 is 15.9 Å². The van der Waals surface area contributed by atoms with Crippen LogP contribution in [-0.2, 0) is 16.1 Å². The molecule has 3 amide bonds. The van der Waals surface area contributed by atoms with Crippen LogP contribution in [-0.4, -0.2) is 72.9 Å². The Morgan fingerprint density at radius 3 is 2.65 bits per heavy atom. The van der Waals surface area contributed by atoms with Crippen LogP contribution in [0.25, 0.3) is 0 Å². The van der Waals surface area contributed by atoms with E-state index >= 15 is 0 Å². The Morgan fingerprint density at radius 1 is 1.27 bits per heavy atom. The predicted octanol–water partition coefficient (Wildman–Crippen LogP) is 1.21. The number of likely N-dealkylation sites (N-methyl/N-ethyl adjacent to an activating group) is 2. The number of carbonyl (C=O) groups excluding carboxylic acids is 2. The van der Waals surface area contributed by atoms with Crippen molar-refractivity contribution >= 4 is 33.9 Å². The van der Waals surface area contributed by atoms with E-state index in [1.807, 2.05) is 12.1 Å². The minimum Gasteiger partial charge on any atom is -0.468 e. The number of ether oxygens (including phenoxy) is 3. The fraction of sp³-hybridized carbons (Fsp3) is 0.438. The van der Waals surface area contributed by atoms with Crippen LogP contribution in [0.5, 0.6) is 11.5 Å². The molecule has 1 fully saturated rings. The highest BCUT2D eigenvalue weighted by atomic mass is 79.9. The third-order valence-electron chi connectivity index (χ3n) is 4.74. The zero-order chi connectivity index (χ0) is 18.6. The predicted molar refractivity (Wildman–Crippen MR) is 93.8 cm³/mol. The molecule has 0 aromatic heterocycles. The van der Waals surface area contributed by atoms with Crippen LogP contribution in [0.3, 0.4) is 0 Å². The summed E-state index contributed by atoms with van der Waals surface area (Å²) in [5.74, 6) is 0.999. The smallest absolute Gasteiger partial charge is 0.328 e. The van der Waals surface area contributed by atoms with Gasteiger partial charge in [-0.3, -0.25) is 9.69 Å². The fourth-order valence-electron chi connectivity index (χ4n) is 3.34. The van der Waals surface area contributed by atoms with Gasteiger partial charge in [0, 0.05) is 25.1 Å². The van der Waals surface area contributed by atoms with E-state index < -0.39 is 12.2 Å². The molecule has 0 radical (unpaired) electrons. The molecule has 3 heterocycles. The van der Waals surface area contributed by atoms with E-state index in [2.05, 4.69) is 20.9 Å². The lowest BCUT2D eigenvalue weighted by Crippen LogP contribution is -2.63. The topological polar surface area (TPSA) is 83.9 Å². The molecule has 0 spiro atoms. The molecule has 9 nitrogen and oxygen atoms in total. The van der Waals surface area contributed by atoms with Gasteiger partial charge in [0.2, 0.25) is 6.79 Å². The summed E-state index contributed by atoms with van der Waals surface area (Å²) in [6.45, 7) is 0.535. The number of hydrogen-bond acceptors (Lipinski definition) is 7. The van der Waals surface area contributed by atoms with E-state index in [9.17, 15) is 9.59 Å². The summed E-state index contributed by atoms with van der Waals surface area (Å²) in [5, 5.41) is 0. The van der Waals surface area contributed by atoms with Gasteiger partial charge in [0.25, 0.3) is 11.9 Å². The van der Waals surface area contributed by atoms with Gasteiger partial charge in [-0.05, 0) is 17.7 Å². The van der Waals surface area contributed by atoms with Gasteiger partial charge in [-0.2, -0.15) is 0 Å². The van der Waals surface area contributed by atoms with Gasteiger partial charge in [-0.1, -0.05) is 15.9 Å². The number of halogens is 1. The second-order valence-electron chi connectivity index (χ2n) is 6.19. The van der Waals surface area contributed by atoms with Crippen LogP contribution in [0, 0.1) is 0 Å². The molecule has 2 atom stereocenters. The Balaban J connectivity index is 1.68. The second-order valence-corrected chi connectivity index (χ2v) is 7.04. The van der Waals surface area contributed by atoms with Gasteiger partial charge >= 0.3 is 6.03 Å². The average molecular weight is 425 g/mol. The van der Waals surface area contributed by atoms with Crippen LogP contribution in [0.4, 0.5) is 4.79 Å². The number of urea groups is 1. The van der Waals surface area contributed by atoms with Crippen molar-refractivity contribution in [3.63, 3.8) is 0 Å². The molecule has 26 heavy (non-hydrogen) atoms. The number of hydrogen-bond donors (Lipinski definition) is 0. The minimum absolute atomic E-state index is 0.181. The number of fused-ring (bicyclic) bond motifs is 2. The maximum Gasteiger partial charge on any atom is 0.328 e. The summed E-state index contributed by atoms with van der Waals surface area (Å²) in [6, 6.07) is 2.97. The van der Waals surface area contributed by atoms with Crippen molar-refractivity contribution < 1.29 is 23.8 Å². The van der Waals surface area contributed by atoms with E-state index in [0.29, 0.717) is 24.1 Å². The summed E-state index contributed by atoms with van der Waals surface area (Å²) >= 11 is 3.53. The van der Waals surface area contributed by atoms with Crippen molar-refractivity contribution in [3.05, 3.63) is 22.2 Å². The van der Waals surface area contributed by atoms with Gasteiger partial charge in [0.1, 0.15) is 0 Å². The summed E-state index contributed by atoms with van der Waals surface area (Å²) in [7, 11) is 4.59. The van der Waals surface area contributed by atoms with E-state index in [0.717, 1.165) is 14.9 Å². The Labute approximate surface area is 158 Å². The number of rotatable bonds is 2. The molecule has 0 bridgehead atoms. The number of benzene rings is 1. The highest BCUT2D eigenvalue weighted by Gasteiger charge is 2.51. The Hall–Kier alpha value is -2.49. The lowest BCUT2D eigenvalue weighted by atomic mass is 10.1. The molecule has 2 unspecified atom stereocenters. The lowest BCUT2D eigenvalue weighted by Gasteiger charge is -2.39. The summed E-state index contributed by atoms with van der Waals surface area (Å²) < 4.78 is 17.0. The third-order valence-corrected chi connectivity index (χ3v) is 5.48. The van der Waals surface area contributed by atoms with E-state index in [4.69, 9.17) is 14.2 Å². The highest BCUT2D eigenvalue weighted by molar-refractivity contribution is 9.10. The molecular formula is C16H17BrN4O5. The number of imide groups is 1. The molecule has 3 aliphatic rings. The number of methoxy groups -OCH3 is 1. The van der Waals surface area contributed by atoms with Crippen molar-refractivity contribution in [3.8, 4) is 11.5 Å². The number of nitrogens with zero attached hydrogens (tertiary/aromatic N) is 4. The highest BCUT2D eigenvalue weighted by Crippen LogP contribution is 2.38. The standard InChI is InChI=1S/C16H17BrN4O5/c1-19-13-12(14(22)20(2)16(19)23)21(15(18-13)24-3)6-8-4-10-11(5-9(8)17)26-7-25-10/h4-5,12-13H,6-7H2,1-3H3. The van der Waals surface area contributed by atoms with E-state index in [-0.39, 0.29) is 18.7 Å². The molecule has 0 saturated carbocycles. The molecule has 1 aromatic rings. The first-order chi connectivity index (χ1) is 12.4. The van der Waals surface area contributed by atoms with E-state index in [1.165, 1.54) is 19.1 Å². The van der Waals surface area contributed by atoms with Crippen molar-refractivity contribution in [2.75, 3.05) is 28.0 Å². The minimum atomic E-state index is -0.644. The molecule has 3 aliphatic heterocycles. The number of amidine groups is 1. The Kier molecular flexibility index (Phi) is 3.94. The average Bonchev–Trinajstić information content (AvgIpc) is 3.22. The first-order valence-corrected chi connectivity index (χ1v) is 8.72. The van der Waals surface area contributed by atoms with Crippen molar-refractivity contribution in [1.82, 2.24) is 14.7 Å². The summed E-state index contributed by atoms with van der Waals surface area (Å²) in [5.41, 5.74) is 0.884. The molecule has 138 valence electrons. The number of amides is 3. The maximum absolute atomic E-state index is 12.7. The molecule has 0 aliphatic carbocycles. The SMILES string of the molecule is COC1=NC2C(C(=O)N(C)C(=O)N2C)N1Cc1cc2c(cc1Br)OCO2. The normalized spacial score (nSPS) is 24.2. The Morgan fingerprint density at radius 2 is 1.96 bits per heavy atom. The lowest BCUT2D eigenvalue weighted by molar-refractivity contribution is -0.136. The molecular weight excluding hydrogens is 408 g/mol. The van der Waals surface area contributed by atoms with Crippen LogP contribution in [0.15, 0.2) is 21.6 Å². The first kappa shape index (κ1) is 17.0. The van der Waals surface area contributed by atoms with Crippen molar-refractivity contribution in [2.45, 2.75) is 18.8 Å². The number of carbonyl (C=O) groups is 2. The molecule has 10 heteroatoms.